The highest BCUT2D eigenvalue weighted by Gasteiger charge is 2.19. The molecule has 18 heavy (non-hydrogen) atoms. The van der Waals surface area contributed by atoms with Crippen molar-refractivity contribution in [3.8, 4) is 11.4 Å². The van der Waals surface area contributed by atoms with Crippen molar-refractivity contribution >= 4 is 5.95 Å². The van der Waals surface area contributed by atoms with E-state index in [9.17, 15) is 0 Å². The minimum Gasteiger partial charge on any atom is -0.342 e. The molecule has 0 saturated carbocycles. The number of nitrogen functional groups attached to an aromatic ring is 1. The fourth-order valence-corrected chi connectivity index (χ4v) is 1.76. The molecule has 3 aromatic rings. The lowest BCUT2D eigenvalue weighted by Crippen LogP contribution is -2.43. The maximum atomic E-state index is 5.69. The van der Waals surface area contributed by atoms with Gasteiger partial charge in [-0.25, -0.2) is 0 Å². The Bertz CT molecular complexity index is 589. The Labute approximate surface area is 104 Å². The van der Waals surface area contributed by atoms with Gasteiger partial charge in [-0.1, -0.05) is 36.4 Å². The molecule has 0 aliphatic rings. The van der Waals surface area contributed by atoms with Gasteiger partial charge in [-0.2, -0.15) is 0 Å². The van der Waals surface area contributed by atoms with Crippen LogP contribution in [-0.2, 0) is 0 Å². The Morgan fingerprint density at radius 2 is 1.50 bits per heavy atom. The van der Waals surface area contributed by atoms with Crippen LogP contribution in [-0.4, -0.2) is 15.0 Å². The number of nitrogens with two attached hydrogens (primary N) is 1. The first-order chi connectivity index (χ1) is 8.84. The Kier molecular flexibility index (Phi) is 2.49. The summed E-state index contributed by atoms with van der Waals surface area (Å²) in [5.74, 6) is 0.239. The normalized spacial score (nSPS) is 10.4. The molecule has 0 atom stereocenters. The van der Waals surface area contributed by atoms with E-state index in [2.05, 4.69) is 10.2 Å². The molecule has 2 aromatic carbocycles. The maximum absolute atomic E-state index is 5.69. The molecule has 0 amide bonds. The number of anilines is 1. The van der Waals surface area contributed by atoms with Gasteiger partial charge >= 0.3 is 5.95 Å². The largest absolute Gasteiger partial charge is 0.399 e. The second-order valence-electron chi connectivity index (χ2n) is 3.81. The summed E-state index contributed by atoms with van der Waals surface area (Å²) in [5.41, 5.74) is 7.51. The number of rotatable bonds is 2. The summed E-state index contributed by atoms with van der Waals surface area (Å²) >= 11 is 0. The average Bonchev–Trinajstić information content (AvgIpc) is 2.83. The number of hydrogen-bond acceptors (Lipinski definition) is 3. The molecule has 3 rings (SSSR count). The van der Waals surface area contributed by atoms with Crippen LogP contribution in [0, 0.1) is 0 Å². The van der Waals surface area contributed by atoms with Crippen LogP contribution in [0.2, 0.25) is 0 Å². The van der Waals surface area contributed by atoms with Crippen LogP contribution in [0.5, 0.6) is 0 Å². The molecule has 1 heterocycles. The molecule has 88 valence electrons. The quantitative estimate of drug-likeness (QED) is 0.681. The van der Waals surface area contributed by atoms with Gasteiger partial charge in [0.15, 0.2) is 5.69 Å². The van der Waals surface area contributed by atoms with Gasteiger partial charge in [0.05, 0.1) is 5.10 Å². The van der Waals surface area contributed by atoms with E-state index in [1.54, 1.807) is 9.59 Å². The van der Waals surface area contributed by atoms with Crippen LogP contribution in [0.3, 0.4) is 0 Å². The second kappa shape index (κ2) is 4.29. The number of hydrogen-bond donors (Lipinski definition) is 1. The van der Waals surface area contributed by atoms with Crippen molar-refractivity contribution in [2.75, 3.05) is 5.73 Å². The molecule has 0 spiro atoms. The van der Waals surface area contributed by atoms with Gasteiger partial charge in [-0.15, -0.1) is 0 Å². The zero-order valence-electron chi connectivity index (χ0n) is 9.64. The van der Waals surface area contributed by atoms with Gasteiger partial charge in [0, 0.05) is 9.90 Å². The minimum atomic E-state index is 0.239. The molecular formula is C13H12N5+. The van der Waals surface area contributed by atoms with E-state index in [1.807, 2.05) is 60.7 Å². The van der Waals surface area contributed by atoms with Crippen molar-refractivity contribution < 1.29 is 4.80 Å². The van der Waals surface area contributed by atoms with Gasteiger partial charge in [0.2, 0.25) is 0 Å². The third-order valence-corrected chi connectivity index (χ3v) is 2.55. The van der Waals surface area contributed by atoms with Crippen molar-refractivity contribution in [3.63, 3.8) is 0 Å². The summed E-state index contributed by atoms with van der Waals surface area (Å²) < 4.78 is 0. The minimum absolute atomic E-state index is 0.239. The topological polar surface area (TPSA) is 60.6 Å². The van der Waals surface area contributed by atoms with E-state index in [4.69, 9.17) is 5.73 Å². The Hall–Kier alpha value is -2.69. The van der Waals surface area contributed by atoms with Crippen molar-refractivity contribution in [1.29, 1.82) is 0 Å². The van der Waals surface area contributed by atoms with Gasteiger partial charge in [0.1, 0.15) is 5.69 Å². The van der Waals surface area contributed by atoms with Gasteiger partial charge in [0.25, 0.3) is 0 Å². The van der Waals surface area contributed by atoms with Crippen LogP contribution in [0.1, 0.15) is 0 Å². The smallest absolute Gasteiger partial charge is 0.342 e. The molecule has 5 heteroatoms. The summed E-state index contributed by atoms with van der Waals surface area (Å²) in [6.45, 7) is 0. The standard InChI is InChI=1S/C13H12N5/c14-13-15-17(11-7-3-1-4-8-11)18(16-13)12-9-5-2-6-10-12/h1-10H,(H2,14,15,16)/q+1. The highest BCUT2D eigenvalue weighted by atomic mass is 15.7. The predicted octanol–water partition coefficient (Wildman–Crippen LogP) is 1.13. The number of benzene rings is 2. The first kappa shape index (κ1) is 10.5. The summed E-state index contributed by atoms with van der Waals surface area (Å²) in [6, 6.07) is 19.5. The van der Waals surface area contributed by atoms with E-state index in [1.165, 1.54) is 0 Å². The average molecular weight is 238 g/mol. The van der Waals surface area contributed by atoms with Crippen molar-refractivity contribution in [2.24, 2.45) is 0 Å². The molecule has 0 saturated heterocycles. The molecule has 0 aliphatic heterocycles. The molecule has 0 unspecified atom stereocenters. The fourth-order valence-electron chi connectivity index (χ4n) is 1.76. The summed E-state index contributed by atoms with van der Waals surface area (Å²) in [6.07, 6.45) is 0. The number of tetrazole rings is 1. The zero-order valence-corrected chi connectivity index (χ0v) is 9.64. The van der Waals surface area contributed by atoms with Crippen LogP contribution in [0.4, 0.5) is 5.95 Å². The third kappa shape index (κ3) is 1.82. The first-order valence-corrected chi connectivity index (χ1v) is 5.60. The van der Waals surface area contributed by atoms with E-state index < -0.39 is 0 Å². The maximum Gasteiger partial charge on any atom is 0.399 e. The lowest BCUT2D eigenvalue weighted by Gasteiger charge is -1.98. The molecular weight excluding hydrogens is 226 g/mol. The van der Waals surface area contributed by atoms with Crippen LogP contribution in [0.25, 0.3) is 11.4 Å². The van der Waals surface area contributed by atoms with Gasteiger partial charge in [-0.05, 0) is 29.1 Å². The molecule has 2 N–H and O–H groups in total. The number of aromatic nitrogens is 4. The van der Waals surface area contributed by atoms with Crippen molar-refractivity contribution in [3.05, 3.63) is 60.7 Å². The van der Waals surface area contributed by atoms with Crippen molar-refractivity contribution in [1.82, 2.24) is 15.0 Å². The zero-order chi connectivity index (χ0) is 12.4. The summed E-state index contributed by atoms with van der Waals surface area (Å²) in [5, 5.41) is 8.41. The number of nitrogens with zero attached hydrogens (tertiary/aromatic N) is 4. The molecule has 0 fully saturated rings. The highest BCUT2D eigenvalue weighted by molar-refractivity contribution is 5.29. The van der Waals surface area contributed by atoms with Crippen LogP contribution in [0.15, 0.2) is 60.7 Å². The Morgan fingerprint density at radius 1 is 0.889 bits per heavy atom. The Morgan fingerprint density at radius 3 is 2.17 bits per heavy atom. The third-order valence-electron chi connectivity index (χ3n) is 2.55. The monoisotopic (exact) mass is 238 g/mol. The predicted molar refractivity (Wildman–Crippen MR) is 67.3 cm³/mol. The molecule has 1 aromatic heterocycles. The molecule has 0 bridgehead atoms. The highest BCUT2D eigenvalue weighted by Crippen LogP contribution is 2.05. The second-order valence-corrected chi connectivity index (χ2v) is 3.81. The lowest BCUT2D eigenvalue weighted by atomic mass is 10.3. The first-order valence-electron chi connectivity index (χ1n) is 5.60. The SMILES string of the molecule is Nc1nn(-c2ccccc2)[n+](-c2ccccc2)n1. The van der Waals surface area contributed by atoms with Crippen LogP contribution >= 0.6 is 0 Å². The van der Waals surface area contributed by atoms with E-state index in [0.29, 0.717) is 0 Å². The summed E-state index contributed by atoms with van der Waals surface area (Å²) in [4.78, 5) is 3.34. The number of para-hydroxylation sites is 2. The fraction of sp³-hybridized carbons (Fsp3) is 0. The van der Waals surface area contributed by atoms with Crippen LogP contribution < -0.4 is 10.5 Å². The molecule has 0 radical (unpaired) electrons. The molecule has 5 nitrogen and oxygen atoms in total. The Balaban J connectivity index is 2.17. The van der Waals surface area contributed by atoms with E-state index in [0.717, 1.165) is 11.4 Å². The molecule has 0 aliphatic carbocycles. The lowest BCUT2D eigenvalue weighted by molar-refractivity contribution is -0.734. The van der Waals surface area contributed by atoms with E-state index >= 15 is 0 Å². The van der Waals surface area contributed by atoms with Gasteiger partial charge < -0.3 is 5.73 Å². The summed E-state index contributed by atoms with van der Waals surface area (Å²) in [7, 11) is 0. The van der Waals surface area contributed by atoms with Crippen molar-refractivity contribution in [2.45, 2.75) is 0 Å². The van der Waals surface area contributed by atoms with Gasteiger partial charge in [-0.3, -0.25) is 0 Å². The van der Waals surface area contributed by atoms with E-state index in [-0.39, 0.29) is 5.95 Å².